The molecule has 0 unspecified atom stereocenters. The number of ether oxygens (including phenoxy) is 1. The maximum atomic E-state index is 12.9. The summed E-state index contributed by atoms with van der Waals surface area (Å²) in [4.78, 5) is 39.3. The number of thioether (sulfide) groups is 1. The summed E-state index contributed by atoms with van der Waals surface area (Å²) in [6.45, 7) is 1.86. The van der Waals surface area contributed by atoms with Gasteiger partial charge in [-0.15, -0.1) is 0 Å². The van der Waals surface area contributed by atoms with E-state index in [9.17, 15) is 14.4 Å². The quantitative estimate of drug-likeness (QED) is 0.242. The third-order valence-electron chi connectivity index (χ3n) is 5.15. The average Bonchev–Trinajstić information content (AvgIpc) is 3.09. The Balaban J connectivity index is 1.43. The number of benzene rings is 3. The van der Waals surface area contributed by atoms with Crippen LogP contribution in [-0.2, 0) is 16.1 Å². The minimum Gasteiger partial charge on any atom is -0.483 e. The molecule has 3 amide bonds. The molecule has 0 bridgehead atoms. The summed E-state index contributed by atoms with van der Waals surface area (Å²) in [7, 11) is 0. The lowest BCUT2D eigenvalue weighted by molar-refractivity contribution is -0.123. The zero-order valence-electron chi connectivity index (χ0n) is 18.6. The molecule has 35 heavy (non-hydrogen) atoms. The molecule has 6 nitrogen and oxygen atoms in total. The molecular formula is C26H20ClIN2O4S. The zero-order chi connectivity index (χ0) is 24.9. The number of imide groups is 1. The highest BCUT2D eigenvalue weighted by atomic mass is 127. The summed E-state index contributed by atoms with van der Waals surface area (Å²) in [5.74, 6) is -0.283. The molecule has 9 heteroatoms. The van der Waals surface area contributed by atoms with Crippen LogP contribution in [0.4, 0.5) is 10.5 Å². The third kappa shape index (κ3) is 6.45. The Morgan fingerprint density at radius 2 is 1.86 bits per heavy atom. The standard InChI is InChI=1S/C26H20ClIN2O4S/c1-16-6-11-20(13-21(16)27)29-24(31)15-34-22-5-3-2-4-18(22)12-23-25(32)30(26(33)35-23)14-17-7-9-19(28)10-8-17/h2-13H,14-15H2,1H3,(H,29,31)/b23-12-. The molecule has 1 saturated heterocycles. The summed E-state index contributed by atoms with van der Waals surface area (Å²) in [6.07, 6.45) is 1.62. The minimum atomic E-state index is -0.359. The Hall–Kier alpha value is -2.82. The molecule has 0 aliphatic carbocycles. The van der Waals surface area contributed by atoms with Gasteiger partial charge in [-0.25, -0.2) is 0 Å². The van der Waals surface area contributed by atoms with E-state index in [1.807, 2.05) is 37.3 Å². The van der Waals surface area contributed by atoms with E-state index in [2.05, 4.69) is 27.9 Å². The second-order valence-electron chi connectivity index (χ2n) is 7.73. The van der Waals surface area contributed by atoms with Crippen molar-refractivity contribution < 1.29 is 19.1 Å². The average molecular weight is 619 g/mol. The number of anilines is 1. The van der Waals surface area contributed by atoms with Gasteiger partial charge >= 0.3 is 0 Å². The number of hydrogen-bond donors (Lipinski definition) is 1. The highest BCUT2D eigenvalue weighted by molar-refractivity contribution is 14.1. The Morgan fingerprint density at radius 3 is 2.60 bits per heavy atom. The first-order valence-electron chi connectivity index (χ1n) is 10.6. The molecule has 1 aliphatic heterocycles. The molecule has 0 aromatic heterocycles. The molecule has 3 aromatic carbocycles. The number of para-hydroxylation sites is 1. The molecule has 4 rings (SSSR count). The minimum absolute atomic E-state index is 0.209. The first-order chi connectivity index (χ1) is 16.8. The Morgan fingerprint density at radius 1 is 1.11 bits per heavy atom. The molecule has 1 N–H and O–H groups in total. The number of amides is 3. The van der Waals surface area contributed by atoms with Crippen molar-refractivity contribution in [3.05, 3.63) is 96.9 Å². The lowest BCUT2D eigenvalue weighted by atomic mass is 10.1. The van der Waals surface area contributed by atoms with Gasteiger partial charge in [-0.05, 0) is 88.8 Å². The van der Waals surface area contributed by atoms with Gasteiger partial charge in [0.15, 0.2) is 6.61 Å². The fourth-order valence-electron chi connectivity index (χ4n) is 3.29. The van der Waals surface area contributed by atoms with Crippen LogP contribution in [0.2, 0.25) is 5.02 Å². The van der Waals surface area contributed by atoms with Gasteiger partial charge < -0.3 is 10.1 Å². The van der Waals surface area contributed by atoms with E-state index >= 15 is 0 Å². The first-order valence-corrected chi connectivity index (χ1v) is 12.8. The van der Waals surface area contributed by atoms with E-state index in [4.69, 9.17) is 16.3 Å². The summed E-state index contributed by atoms with van der Waals surface area (Å²) in [6, 6.07) is 20.0. The van der Waals surface area contributed by atoms with Crippen molar-refractivity contribution in [3.63, 3.8) is 0 Å². The van der Waals surface area contributed by atoms with Gasteiger partial charge in [0.1, 0.15) is 5.75 Å². The number of rotatable bonds is 7. The van der Waals surface area contributed by atoms with Gasteiger partial charge in [-0.1, -0.05) is 48.0 Å². The van der Waals surface area contributed by atoms with E-state index in [1.54, 1.807) is 42.5 Å². The van der Waals surface area contributed by atoms with Crippen LogP contribution in [0.3, 0.4) is 0 Å². The topological polar surface area (TPSA) is 75.7 Å². The largest absolute Gasteiger partial charge is 0.483 e. The van der Waals surface area contributed by atoms with Gasteiger partial charge in [0, 0.05) is 19.8 Å². The van der Waals surface area contributed by atoms with E-state index in [-0.39, 0.29) is 30.2 Å². The maximum Gasteiger partial charge on any atom is 0.293 e. The smallest absolute Gasteiger partial charge is 0.293 e. The lowest BCUT2D eigenvalue weighted by Crippen LogP contribution is -2.27. The predicted molar refractivity (Wildman–Crippen MR) is 147 cm³/mol. The van der Waals surface area contributed by atoms with Crippen LogP contribution in [0.1, 0.15) is 16.7 Å². The lowest BCUT2D eigenvalue weighted by Gasteiger charge is -2.12. The van der Waals surface area contributed by atoms with E-state index in [1.165, 1.54) is 4.90 Å². The van der Waals surface area contributed by atoms with Crippen LogP contribution in [0.15, 0.2) is 71.6 Å². The van der Waals surface area contributed by atoms with Gasteiger partial charge in [-0.3, -0.25) is 19.3 Å². The van der Waals surface area contributed by atoms with Gasteiger partial charge in [0.25, 0.3) is 17.1 Å². The summed E-state index contributed by atoms with van der Waals surface area (Å²) in [5.41, 5.74) is 2.96. The fraction of sp³-hybridized carbons (Fsp3) is 0.115. The van der Waals surface area contributed by atoms with Crippen LogP contribution in [0, 0.1) is 10.5 Å². The van der Waals surface area contributed by atoms with E-state index < -0.39 is 0 Å². The number of nitrogens with zero attached hydrogens (tertiary/aromatic N) is 1. The normalized spacial score (nSPS) is 14.5. The second-order valence-corrected chi connectivity index (χ2v) is 10.4. The number of aryl methyl sites for hydroxylation is 1. The molecule has 1 aliphatic rings. The third-order valence-corrected chi connectivity index (χ3v) is 7.18. The molecule has 1 heterocycles. The van der Waals surface area contributed by atoms with Crippen LogP contribution >= 0.6 is 46.0 Å². The molecule has 178 valence electrons. The zero-order valence-corrected chi connectivity index (χ0v) is 22.3. The molecule has 0 atom stereocenters. The van der Waals surface area contributed by atoms with Crippen molar-refractivity contribution >= 4 is 74.8 Å². The van der Waals surface area contributed by atoms with Crippen molar-refractivity contribution in [2.24, 2.45) is 0 Å². The number of halogens is 2. The molecule has 0 radical (unpaired) electrons. The van der Waals surface area contributed by atoms with Crippen LogP contribution in [0.5, 0.6) is 5.75 Å². The Labute approximate surface area is 225 Å². The van der Waals surface area contributed by atoms with Crippen molar-refractivity contribution in [1.29, 1.82) is 0 Å². The van der Waals surface area contributed by atoms with Gasteiger partial charge in [0.05, 0.1) is 11.4 Å². The van der Waals surface area contributed by atoms with Crippen molar-refractivity contribution in [3.8, 4) is 5.75 Å². The fourth-order valence-corrected chi connectivity index (χ4v) is 4.66. The maximum absolute atomic E-state index is 12.9. The van der Waals surface area contributed by atoms with Crippen molar-refractivity contribution in [1.82, 2.24) is 4.90 Å². The highest BCUT2D eigenvalue weighted by Gasteiger charge is 2.35. The number of carbonyl (C=O) groups is 3. The van der Waals surface area contributed by atoms with Gasteiger partial charge in [-0.2, -0.15) is 0 Å². The summed E-state index contributed by atoms with van der Waals surface area (Å²) in [5, 5.41) is 2.98. The van der Waals surface area contributed by atoms with Crippen LogP contribution < -0.4 is 10.1 Å². The number of carbonyl (C=O) groups excluding carboxylic acids is 3. The first kappa shape index (κ1) is 25.3. The van der Waals surface area contributed by atoms with Crippen molar-refractivity contribution in [2.45, 2.75) is 13.5 Å². The molecule has 3 aromatic rings. The molecular weight excluding hydrogens is 599 g/mol. The van der Waals surface area contributed by atoms with Crippen LogP contribution in [-0.4, -0.2) is 28.6 Å². The predicted octanol–water partition coefficient (Wildman–Crippen LogP) is 6.51. The summed E-state index contributed by atoms with van der Waals surface area (Å²) >= 11 is 9.20. The van der Waals surface area contributed by atoms with Gasteiger partial charge in [0.2, 0.25) is 0 Å². The van der Waals surface area contributed by atoms with E-state index in [0.717, 1.165) is 26.5 Å². The summed E-state index contributed by atoms with van der Waals surface area (Å²) < 4.78 is 6.80. The highest BCUT2D eigenvalue weighted by Crippen LogP contribution is 2.35. The van der Waals surface area contributed by atoms with E-state index in [0.29, 0.717) is 26.9 Å². The molecule has 0 saturated carbocycles. The molecule has 0 spiro atoms. The second kappa shape index (κ2) is 11.3. The number of nitrogens with one attached hydrogen (secondary N) is 1. The van der Waals surface area contributed by atoms with Crippen LogP contribution in [0.25, 0.3) is 6.08 Å². The van der Waals surface area contributed by atoms with Crippen molar-refractivity contribution in [2.75, 3.05) is 11.9 Å². The monoisotopic (exact) mass is 618 g/mol. The molecule has 1 fully saturated rings. The SMILES string of the molecule is Cc1ccc(NC(=O)COc2ccccc2/C=C2\SC(=O)N(Cc3ccc(I)cc3)C2=O)cc1Cl. The Kier molecular flexibility index (Phi) is 8.15. The Bertz CT molecular complexity index is 1330. The number of hydrogen-bond acceptors (Lipinski definition) is 5.